The molecule has 0 unspecified atom stereocenters. The van der Waals surface area contributed by atoms with Gasteiger partial charge in [-0.05, 0) is 31.6 Å². The van der Waals surface area contributed by atoms with Crippen LogP contribution in [0.15, 0.2) is 0 Å². The zero-order chi connectivity index (χ0) is 11.8. The molecule has 1 rings (SSSR count). The van der Waals surface area contributed by atoms with Crippen LogP contribution in [0.4, 0.5) is 0 Å². The summed E-state index contributed by atoms with van der Waals surface area (Å²) in [7, 11) is 1.74. The van der Waals surface area contributed by atoms with E-state index in [1.54, 1.807) is 7.11 Å². The Morgan fingerprint density at radius 1 is 1.25 bits per heavy atom. The van der Waals surface area contributed by atoms with Crippen LogP contribution in [-0.2, 0) is 4.74 Å². The average Bonchev–Trinajstić information content (AvgIpc) is 2.31. The predicted octanol–water partition coefficient (Wildman–Crippen LogP) is 2.43. The second-order valence-corrected chi connectivity index (χ2v) is 4.85. The van der Waals surface area contributed by atoms with Gasteiger partial charge < -0.3 is 4.74 Å². The molecule has 0 N–H and O–H groups in total. The fourth-order valence-electron chi connectivity index (χ4n) is 2.49. The van der Waals surface area contributed by atoms with Gasteiger partial charge in [-0.1, -0.05) is 6.92 Å². The van der Waals surface area contributed by atoms with Crippen molar-refractivity contribution in [1.29, 1.82) is 5.26 Å². The molecule has 1 aliphatic rings. The van der Waals surface area contributed by atoms with E-state index in [9.17, 15) is 0 Å². The lowest BCUT2D eigenvalue weighted by Crippen LogP contribution is -2.40. The van der Waals surface area contributed by atoms with E-state index in [0.29, 0.717) is 12.5 Å². The van der Waals surface area contributed by atoms with Gasteiger partial charge in [0.15, 0.2) is 0 Å². The van der Waals surface area contributed by atoms with Gasteiger partial charge in [0.1, 0.15) is 0 Å². The summed E-state index contributed by atoms with van der Waals surface area (Å²) in [5.74, 6) is 0.886. The minimum absolute atomic E-state index is 0.635. The molecule has 0 aromatic carbocycles. The number of ether oxygens (including phenoxy) is 1. The number of rotatable bonds is 6. The fourth-order valence-corrected chi connectivity index (χ4v) is 2.49. The Morgan fingerprint density at radius 2 is 1.94 bits per heavy atom. The standard InChI is InChI=1S/C13H24N2O/c1-12-4-6-13(7-5-12)15(9-3-8-14)10-11-16-2/h12-13H,3-7,9-11H2,1-2H3. The molecule has 0 saturated heterocycles. The Balaban J connectivity index is 2.37. The molecule has 1 aliphatic carbocycles. The summed E-state index contributed by atoms with van der Waals surface area (Å²) in [4.78, 5) is 2.44. The molecule has 3 heteroatoms. The summed E-state index contributed by atoms with van der Waals surface area (Å²) in [6.07, 6.45) is 5.88. The molecule has 0 aromatic heterocycles. The summed E-state index contributed by atoms with van der Waals surface area (Å²) in [6, 6.07) is 2.92. The van der Waals surface area contributed by atoms with Gasteiger partial charge in [-0.25, -0.2) is 0 Å². The van der Waals surface area contributed by atoms with Crippen molar-refractivity contribution in [2.45, 2.75) is 45.1 Å². The van der Waals surface area contributed by atoms with Crippen molar-refractivity contribution in [3.05, 3.63) is 0 Å². The van der Waals surface area contributed by atoms with Gasteiger partial charge >= 0.3 is 0 Å². The quantitative estimate of drug-likeness (QED) is 0.695. The van der Waals surface area contributed by atoms with E-state index in [1.165, 1.54) is 25.7 Å². The number of methoxy groups -OCH3 is 1. The monoisotopic (exact) mass is 224 g/mol. The topological polar surface area (TPSA) is 36.3 Å². The summed E-state index contributed by atoms with van der Waals surface area (Å²) < 4.78 is 5.14. The SMILES string of the molecule is COCCN(CCC#N)C1CCC(C)CC1. The zero-order valence-electron chi connectivity index (χ0n) is 10.6. The third kappa shape index (κ3) is 4.51. The van der Waals surface area contributed by atoms with Crippen molar-refractivity contribution in [1.82, 2.24) is 4.90 Å². The van der Waals surface area contributed by atoms with Crippen molar-refractivity contribution in [2.75, 3.05) is 26.8 Å². The summed E-state index contributed by atoms with van der Waals surface area (Å²) in [5.41, 5.74) is 0. The Kier molecular flexibility index (Phi) is 6.44. The zero-order valence-corrected chi connectivity index (χ0v) is 10.6. The van der Waals surface area contributed by atoms with E-state index in [1.807, 2.05) is 0 Å². The Morgan fingerprint density at radius 3 is 2.50 bits per heavy atom. The molecule has 1 saturated carbocycles. The molecule has 3 nitrogen and oxygen atoms in total. The predicted molar refractivity (Wildman–Crippen MR) is 65.1 cm³/mol. The van der Waals surface area contributed by atoms with Gasteiger partial charge in [0.05, 0.1) is 12.7 Å². The maximum absolute atomic E-state index is 8.67. The van der Waals surface area contributed by atoms with Crippen LogP contribution in [0.1, 0.15) is 39.0 Å². The van der Waals surface area contributed by atoms with E-state index in [0.717, 1.165) is 25.6 Å². The van der Waals surface area contributed by atoms with Crippen LogP contribution in [0.5, 0.6) is 0 Å². The van der Waals surface area contributed by atoms with Gasteiger partial charge in [0.2, 0.25) is 0 Å². The Hall–Kier alpha value is -0.590. The molecular weight excluding hydrogens is 200 g/mol. The van der Waals surface area contributed by atoms with Crippen LogP contribution in [0.3, 0.4) is 0 Å². The van der Waals surface area contributed by atoms with Crippen LogP contribution in [0.2, 0.25) is 0 Å². The highest BCUT2D eigenvalue weighted by Gasteiger charge is 2.23. The normalized spacial score (nSPS) is 25.6. The second-order valence-electron chi connectivity index (χ2n) is 4.85. The third-order valence-corrected chi connectivity index (χ3v) is 3.60. The van der Waals surface area contributed by atoms with E-state index in [-0.39, 0.29) is 0 Å². The maximum atomic E-state index is 8.67. The molecule has 16 heavy (non-hydrogen) atoms. The van der Waals surface area contributed by atoms with Crippen LogP contribution in [0.25, 0.3) is 0 Å². The molecule has 0 amide bonds. The van der Waals surface area contributed by atoms with Crippen LogP contribution in [-0.4, -0.2) is 37.7 Å². The van der Waals surface area contributed by atoms with Crippen molar-refractivity contribution in [2.24, 2.45) is 5.92 Å². The first-order valence-corrected chi connectivity index (χ1v) is 6.38. The van der Waals surface area contributed by atoms with Gasteiger partial charge in [-0.3, -0.25) is 4.90 Å². The van der Waals surface area contributed by atoms with E-state index in [4.69, 9.17) is 10.00 Å². The fraction of sp³-hybridized carbons (Fsp3) is 0.923. The van der Waals surface area contributed by atoms with E-state index >= 15 is 0 Å². The molecule has 92 valence electrons. The molecule has 0 atom stereocenters. The van der Waals surface area contributed by atoms with Gasteiger partial charge in [-0.15, -0.1) is 0 Å². The summed E-state index contributed by atoms with van der Waals surface area (Å²) in [6.45, 7) is 4.98. The minimum atomic E-state index is 0.635. The molecule has 0 heterocycles. The maximum Gasteiger partial charge on any atom is 0.0635 e. The first kappa shape index (κ1) is 13.5. The lowest BCUT2D eigenvalue weighted by Gasteiger charge is -2.35. The Bertz CT molecular complexity index is 216. The number of hydrogen-bond donors (Lipinski definition) is 0. The summed E-state index contributed by atoms with van der Waals surface area (Å²) >= 11 is 0. The van der Waals surface area contributed by atoms with Crippen molar-refractivity contribution in [3.63, 3.8) is 0 Å². The van der Waals surface area contributed by atoms with Crippen molar-refractivity contribution in [3.8, 4) is 6.07 Å². The lowest BCUT2D eigenvalue weighted by atomic mass is 9.86. The molecule has 1 fully saturated rings. The number of nitriles is 1. The summed E-state index contributed by atoms with van der Waals surface area (Å²) in [5, 5.41) is 8.67. The van der Waals surface area contributed by atoms with Crippen LogP contribution >= 0.6 is 0 Å². The van der Waals surface area contributed by atoms with Crippen molar-refractivity contribution >= 4 is 0 Å². The van der Waals surface area contributed by atoms with Crippen LogP contribution in [0, 0.1) is 17.2 Å². The first-order valence-electron chi connectivity index (χ1n) is 6.38. The van der Waals surface area contributed by atoms with E-state index < -0.39 is 0 Å². The van der Waals surface area contributed by atoms with E-state index in [2.05, 4.69) is 17.9 Å². The van der Waals surface area contributed by atoms with Gasteiger partial charge in [0.25, 0.3) is 0 Å². The highest BCUT2D eigenvalue weighted by molar-refractivity contribution is 4.81. The molecular formula is C13H24N2O. The van der Waals surface area contributed by atoms with Crippen molar-refractivity contribution < 1.29 is 4.74 Å². The minimum Gasteiger partial charge on any atom is -0.383 e. The Labute approximate surface area is 99.4 Å². The second kappa shape index (κ2) is 7.65. The van der Waals surface area contributed by atoms with Gasteiger partial charge in [-0.2, -0.15) is 5.26 Å². The molecule has 0 radical (unpaired) electrons. The first-order chi connectivity index (χ1) is 7.77. The van der Waals surface area contributed by atoms with Gasteiger partial charge in [0, 0.05) is 32.7 Å². The van der Waals surface area contributed by atoms with Crippen LogP contribution < -0.4 is 0 Å². The number of nitrogens with zero attached hydrogens (tertiary/aromatic N) is 2. The molecule has 0 bridgehead atoms. The average molecular weight is 224 g/mol. The molecule has 0 spiro atoms. The molecule has 0 aliphatic heterocycles. The smallest absolute Gasteiger partial charge is 0.0635 e. The third-order valence-electron chi connectivity index (χ3n) is 3.60. The number of hydrogen-bond acceptors (Lipinski definition) is 3. The largest absolute Gasteiger partial charge is 0.383 e. The molecule has 0 aromatic rings. The highest BCUT2D eigenvalue weighted by atomic mass is 16.5. The highest BCUT2D eigenvalue weighted by Crippen LogP contribution is 2.27. The lowest BCUT2D eigenvalue weighted by molar-refractivity contribution is 0.0963.